The molecule has 0 radical (unpaired) electrons. The summed E-state index contributed by atoms with van der Waals surface area (Å²) < 4.78 is 22.1. The molecule has 41 heavy (non-hydrogen) atoms. The topological polar surface area (TPSA) is 141 Å². The predicted octanol–water partition coefficient (Wildman–Crippen LogP) is 3.59. The van der Waals surface area contributed by atoms with Crippen LogP contribution in [0.1, 0.15) is 35.7 Å². The first-order valence-corrected chi connectivity index (χ1v) is 13.8. The zero-order chi connectivity index (χ0) is 29.1. The Balaban J connectivity index is 1.40. The average molecular weight is 568 g/mol. The van der Waals surface area contributed by atoms with E-state index in [-0.39, 0.29) is 5.91 Å². The first-order valence-electron chi connectivity index (χ1n) is 13.8. The van der Waals surface area contributed by atoms with Gasteiger partial charge >= 0.3 is 0 Å². The summed E-state index contributed by atoms with van der Waals surface area (Å²) in [5, 5.41) is 12.5. The van der Waals surface area contributed by atoms with Gasteiger partial charge in [0.25, 0.3) is 5.91 Å². The summed E-state index contributed by atoms with van der Waals surface area (Å²) in [6.07, 6.45) is 2.07. The SMILES string of the molecule is CCCCNc1nc(NCCOCCOCCNC(=O)c2ccccc2)nc(NCc2cccc(OC)c2OC)n1. The smallest absolute Gasteiger partial charge is 0.251 e. The van der Waals surface area contributed by atoms with Crippen LogP contribution in [0.5, 0.6) is 11.5 Å². The van der Waals surface area contributed by atoms with Crippen LogP contribution in [0.15, 0.2) is 48.5 Å². The van der Waals surface area contributed by atoms with Crippen LogP contribution in [-0.4, -0.2) is 81.1 Å². The zero-order valence-corrected chi connectivity index (χ0v) is 24.1. The zero-order valence-electron chi connectivity index (χ0n) is 24.1. The van der Waals surface area contributed by atoms with Gasteiger partial charge in [0.1, 0.15) is 0 Å². The largest absolute Gasteiger partial charge is 0.493 e. The molecule has 222 valence electrons. The Morgan fingerprint density at radius 3 is 2.05 bits per heavy atom. The monoisotopic (exact) mass is 567 g/mol. The van der Waals surface area contributed by atoms with Crippen LogP contribution in [-0.2, 0) is 16.0 Å². The number of anilines is 3. The molecule has 12 heteroatoms. The fourth-order valence-electron chi connectivity index (χ4n) is 3.74. The van der Waals surface area contributed by atoms with Crippen LogP contribution >= 0.6 is 0 Å². The van der Waals surface area contributed by atoms with Gasteiger partial charge in [-0.15, -0.1) is 0 Å². The van der Waals surface area contributed by atoms with Crippen molar-refractivity contribution in [3.05, 3.63) is 59.7 Å². The van der Waals surface area contributed by atoms with E-state index in [1.807, 2.05) is 36.4 Å². The molecular weight excluding hydrogens is 526 g/mol. The Kier molecular flexibility index (Phi) is 14.0. The highest BCUT2D eigenvalue weighted by molar-refractivity contribution is 5.94. The highest BCUT2D eigenvalue weighted by Gasteiger charge is 2.11. The second-order valence-electron chi connectivity index (χ2n) is 8.87. The summed E-state index contributed by atoms with van der Waals surface area (Å²) in [7, 11) is 3.22. The van der Waals surface area contributed by atoms with Crippen molar-refractivity contribution < 1.29 is 23.7 Å². The molecule has 0 aliphatic rings. The molecule has 0 atom stereocenters. The standard InChI is InChI=1S/C29H41N7O5/c1-4-5-14-31-27-34-28(36-29(35-27)33-21-23-12-9-13-24(38-2)25(23)39-3)32-16-18-41-20-19-40-17-15-30-26(37)22-10-7-6-8-11-22/h6-13H,4-5,14-21H2,1-3H3,(H,30,37)(H3,31,32,33,34,35,36). The molecule has 2 aromatic carbocycles. The van der Waals surface area contributed by atoms with Gasteiger partial charge in [-0.3, -0.25) is 4.79 Å². The molecule has 0 saturated carbocycles. The van der Waals surface area contributed by atoms with Crippen molar-refractivity contribution >= 4 is 23.8 Å². The number of hydrogen-bond acceptors (Lipinski definition) is 11. The quantitative estimate of drug-likeness (QED) is 0.149. The number of nitrogens with one attached hydrogen (secondary N) is 4. The normalized spacial score (nSPS) is 10.6. The number of ether oxygens (including phenoxy) is 4. The predicted molar refractivity (Wildman–Crippen MR) is 159 cm³/mol. The van der Waals surface area contributed by atoms with Crippen LogP contribution in [0.2, 0.25) is 0 Å². The van der Waals surface area contributed by atoms with E-state index in [9.17, 15) is 4.79 Å². The number of methoxy groups -OCH3 is 2. The third kappa shape index (κ3) is 11.1. The van der Waals surface area contributed by atoms with E-state index in [1.165, 1.54) is 0 Å². The Morgan fingerprint density at radius 2 is 1.39 bits per heavy atom. The van der Waals surface area contributed by atoms with Crippen molar-refractivity contribution in [1.82, 2.24) is 20.3 Å². The first kappa shape index (κ1) is 31.4. The van der Waals surface area contributed by atoms with Crippen molar-refractivity contribution in [2.45, 2.75) is 26.3 Å². The van der Waals surface area contributed by atoms with Crippen molar-refractivity contribution in [3.63, 3.8) is 0 Å². The molecule has 0 aliphatic carbocycles. The maximum absolute atomic E-state index is 12.0. The van der Waals surface area contributed by atoms with Gasteiger partial charge in [-0.05, 0) is 24.6 Å². The first-order chi connectivity index (χ1) is 20.1. The van der Waals surface area contributed by atoms with E-state index < -0.39 is 0 Å². The molecule has 0 fully saturated rings. The van der Waals surface area contributed by atoms with Crippen LogP contribution in [0.3, 0.4) is 0 Å². The van der Waals surface area contributed by atoms with Gasteiger partial charge in [-0.25, -0.2) is 0 Å². The molecule has 1 amide bonds. The highest BCUT2D eigenvalue weighted by Crippen LogP contribution is 2.31. The molecular formula is C29H41N7O5. The van der Waals surface area contributed by atoms with Crippen LogP contribution in [0, 0.1) is 0 Å². The second-order valence-corrected chi connectivity index (χ2v) is 8.87. The summed E-state index contributed by atoms with van der Waals surface area (Å²) >= 11 is 0. The molecule has 4 N–H and O–H groups in total. The third-order valence-electron chi connectivity index (χ3n) is 5.84. The van der Waals surface area contributed by atoms with Gasteiger partial charge < -0.3 is 40.2 Å². The van der Waals surface area contributed by atoms with Gasteiger partial charge in [0.15, 0.2) is 11.5 Å². The number of rotatable bonds is 20. The molecule has 0 spiro atoms. The number of carbonyl (C=O) groups is 1. The molecule has 0 saturated heterocycles. The lowest BCUT2D eigenvalue weighted by Crippen LogP contribution is -2.27. The lowest BCUT2D eigenvalue weighted by Gasteiger charge is -2.14. The van der Waals surface area contributed by atoms with Gasteiger partial charge in [-0.2, -0.15) is 15.0 Å². The maximum atomic E-state index is 12.0. The molecule has 0 unspecified atom stereocenters. The van der Waals surface area contributed by atoms with Gasteiger partial charge in [0.05, 0.1) is 40.6 Å². The second kappa shape index (κ2) is 18.2. The lowest BCUT2D eigenvalue weighted by molar-refractivity contribution is 0.0519. The van der Waals surface area contributed by atoms with E-state index >= 15 is 0 Å². The maximum Gasteiger partial charge on any atom is 0.251 e. The number of carbonyl (C=O) groups excluding carboxylic acids is 1. The summed E-state index contributed by atoms with van der Waals surface area (Å²) in [6.45, 7) is 6.01. The minimum Gasteiger partial charge on any atom is -0.493 e. The van der Waals surface area contributed by atoms with E-state index in [0.717, 1.165) is 24.9 Å². The van der Waals surface area contributed by atoms with E-state index in [1.54, 1.807) is 26.4 Å². The minimum absolute atomic E-state index is 0.114. The number of unbranched alkanes of at least 4 members (excludes halogenated alkanes) is 1. The third-order valence-corrected chi connectivity index (χ3v) is 5.84. The number of amides is 1. The highest BCUT2D eigenvalue weighted by atomic mass is 16.5. The van der Waals surface area contributed by atoms with Crippen molar-refractivity contribution in [2.75, 3.05) is 76.2 Å². The molecule has 12 nitrogen and oxygen atoms in total. The molecule has 0 aliphatic heterocycles. The fraction of sp³-hybridized carbons (Fsp3) is 0.448. The molecule has 1 heterocycles. The Morgan fingerprint density at radius 1 is 0.732 bits per heavy atom. The van der Waals surface area contributed by atoms with Crippen molar-refractivity contribution in [3.8, 4) is 11.5 Å². The van der Waals surface area contributed by atoms with Crippen LogP contribution in [0.25, 0.3) is 0 Å². The van der Waals surface area contributed by atoms with Crippen LogP contribution < -0.4 is 30.7 Å². The number of hydrogen-bond donors (Lipinski definition) is 4. The van der Waals surface area contributed by atoms with Crippen LogP contribution in [0.4, 0.5) is 17.8 Å². The summed E-state index contributed by atoms with van der Waals surface area (Å²) in [6, 6.07) is 14.8. The van der Waals surface area contributed by atoms with E-state index in [0.29, 0.717) is 81.0 Å². The van der Waals surface area contributed by atoms with Crippen molar-refractivity contribution in [2.24, 2.45) is 0 Å². The Hall–Kier alpha value is -4.16. The van der Waals surface area contributed by atoms with E-state index in [2.05, 4.69) is 43.1 Å². The average Bonchev–Trinajstić information content (AvgIpc) is 3.01. The Labute approximate surface area is 241 Å². The number of nitrogens with zero attached hydrogens (tertiary/aromatic N) is 3. The van der Waals surface area contributed by atoms with Gasteiger partial charge in [0.2, 0.25) is 17.8 Å². The molecule has 1 aromatic heterocycles. The minimum atomic E-state index is -0.114. The number of aromatic nitrogens is 3. The summed E-state index contributed by atoms with van der Waals surface area (Å²) in [5.41, 5.74) is 1.54. The van der Waals surface area contributed by atoms with Gasteiger partial charge in [0, 0.05) is 37.3 Å². The fourth-order valence-corrected chi connectivity index (χ4v) is 3.74. The van der Waals surface area contributed by atoms with E-state index in [4.69, 9.17) is 18.9 Å². The molecule has 0 bridgehead atoms. The summed E-state index contributed by atoms with van der Waals surface area (Å²) in [4.78, 5) is 25.5. The van der Waals surface area contributed by atoms with Gasteiger partial charge in [-0.1, -0.05) is 43.7 Å². The summed E-state index contributed by atoms with van der Waals surface area (Å²) in [5.74, 6) is 2.57. The van der Waals surface area contributed by atoms with Crippen molar-refractivity contribution in [1.29, 1.82) is 0 Å². The Bertz CT molecular complexity index is 1180. The lowest BCUT2D eigenvalue weighted by atomic mass is 10.2. The number of benzene rings is 2. The number of para-hydroxylation sites is 1. The molecule has 3 aromatic rings. The molecule has 3 rings (SSSR count).